The van der Waals surface area contributed by atoms with Gasteiger partial charge in [-0.05, 0) is 36.4 Å². The number of benzene rings is 1. The Labute approximate surface area is 105 Å². The fourth-order valence-corrected chi connectivity index (χ4v) is 1.59. The van der Waals surface area contributed by atoms with Crippen LogP contribution in [0.1, 0.15) is 5.69 Å². The molecule has 1 aromatic heterocycles. The molecule has 1 N–H and O–H groups in total. The summed E-state index contributed by atoms with van der Waals surface area (Å²) < 4.78 is 5.60. The summed E-state index contributed by atoms with van der Waals surface area (Å²) in [6.07, 6.45) is 0. The number of nitrogens with zero attached hydrogens (tertiary/aromatic N) is 1. The molecule has 3 nitrogen and oxygen atoms in total. The predicted octanol–water partition coefficient (Wildman–Crippen LogP) is 3.36. The first kappa shape index (κ1) is 11.7. The summed E-state index contributed by atoms with van der Waals surface area (Å²) in [7, 11) is 1.88. The van der Waals surface area contributed by atoms with E-state index in [0.29, 0.717) is 11.8 Å². The summed E-state index contributed by atoms with van der Waals surface area (Å²) in [6, 6.07) is 13.2. The van der Waals surface area contributed by atoms with Crippen LogP contribution in [0, 0.1) is 0 Å². The van der Waals surface area contributed by atoms with E-state index >= 15 is 0 Å². The van der Waals surface area contributed by atoms with Crippen molar-refractivity contribution in [3.05, 3.63) is 53.3 Å². The monoisotopic (exact) mass is 248 g/mol. The van der Waals surface area contributed by atoms with Gasteiger partial charge in [-0.1, -0.05) is 17.7 Å². The molecule has 0 saturated carbocycles. The van der Waals surface area contributed by atoms with E-state index in [1.54, 1.807) is 6.07 Å². The van der Waals surface area contributed by atoms with Gasteiger partial charge in [-0.25, -0.2) is 4.98 Å². The van der Waals surface area contributed by atoms with Crippen LogP contribution in [-0.2, 0) is 6.61 Å². The third kappa shape index (κ3) is 3.36. The minimum absolute atomic E-state index is 0.416. The molecule has 88 valence electrons. The van der Waals surface area contributed by atoms with Crippen molar-refractivity contribution in [2.75, 3.05) is 12.4 Å². The summed E-state index contributed by atoms with van der Waals surface area (Å²) in [5.74, 6) is 0.811. The molecule has 4 heteroatoms. The van der Waals surface area contributed by atoms with Crippen LogP contribution in [0.4, 0.5) is 5.69 Å². The first-order chi connectivity index (χ1) is 8.28. The molecule has 1 heterocycles. The lowest BCUT2D eigenvalue weighted by Gasteiger charge is -2.06. The highest BCUT2D eigenvalue weighted by molar-refractivity contribution is 6.29. The maximum absolute atomic E-state index is 5.79. The maximum atomic E-state index is 5.79. The molecule has 17 heavy (non-hydrogen) atoms. The lowest BCUT2D eigenvalue weighted by Crippen LogP contribution is -1.98. The SMILES string of the molecule is CNc1ccc(OCc2cccc(Cl)n2)cc1. The van der Waals surface area contributed by atoms with Gasteiger partial charge in [-0.3, -0.25) is 0 Å². The zero-order valence-corrected chi connectivity index (χ0v) is 10.2. The number of pyridine rings is 1. The van der Waals surface area contributed by atoms with E-state index in [0.717, 1.165) is 17.1 Å². The lowest BCUT2D eigenvalue weighted by molar-refractivity contribution is 0.301. The van der Waals surface area contributed by atoms with Crippen molar-refractivity contribution in [1.29, 1.82) is 0 Å². The van der Waals surface area contributed by atoms with Crippen molar-refractivity contribution >= 4 is 17.3 Å². The first-order valence-corrected chi connectivity index (χ1v) is 5.68. The fraction of sp³-hybridized carbons (Fsp3) is 0.154. The van der Waals surface area contributed by atoms with E-state index in [1.165, 1.54) is 0 Å². The Morgan fingerprint density at radius 1 is 1.18 bits per heavy atom. The van der Waals surface area contributed by atoms with Gasteiger partial charge in [0.1, 0.15) is 17.5 Å². The van der Waals surface area contributed by atoms with Crippen molar-refractivity contribution in [1.82, 2.24) is 4.98 Å². The van der Waals surface area contributed by atoms with Crippen molar-refractivity contribution in [3.63, 3.8) is 0 Å². The zero-order valence-electron chi connectivity index (χ0n) is 9.48. The average Bonchev–Trinajstić information content (AvgIpc) is 2.37. The molecule has 0 bridgehead atoms. The molecule has 0 aliphatic carbocycles. The summed E-state index contributed by atoms with van der Waals surface area (Å²) in [5.41, 5.74) is 1.87. The van der Waals surface area contributed by atoms with Crippen LogP contribution < -0.4 is 10.1 Å². The van der Waals surface area contributed by atoms with Gasteiger partial charge >= 0.3 is 0 Å². The summed E-state index contributed by atoms with van der Waals surface area (Å²) >= 11 is 5.79. The molecule has 0 fully saturated rings. The smallest absolute Gasteiger partial charge is 0.130 e. The van der Waals surface area contributed by atoms with Gasteiger partial charge in [0, 0.05) is 12.7 Å². The first-order valence-electron chi connectivity index (χ1n) is 5.30. The number of aromatic nitrogens is 1. The van der Waals surface area contributed by atoms with Gasteiger partial charge in [0.25, 0.3) is 0 Å². The third-order valence-electron chi connectivity index (χ3n) is 2.30. The van der Waals surface area contributed by atoms with E-state index in [2.05, 4.69) is 10.3 Å². The van der Waals surface area contributed by atoms with Gasteiger partial charge in [-0.15, -0.1) is 0 Å². The number of hydrogen-bond acceptors (Lipinski definition) is 3. The molecule has 0 spiro atoms. The largest absolute Gasteiger partial charge is 0.487 e. The second-order valence-corrected chi connectivity index (χ2v) is 3.90. The van der Waals surface area contributed by atoms with E-state index in [-0.39, 0.29) is 0 Å². The normalized spacial score (nSPS) is 10.0. The van der Waals surface area contributed by atoms with Crippen molar-refractivity contribution in [2.24, 2.45) is 0 Å². The second kappa shape index (κ2) is 5.55. The zero-order chi connectivity index (χ0) is 12.1. The minimum Gasteiger partial charge on any atom is -0.487 e. The Morgan fingerprint density at radius 2 is 1.94 bits per heavy atom. The molecule has 2 rings (SSSR count). The van der Waals surface area contributed by atoms with Crippen LogP contribution in [0.25, 0.3) is 0 Å². The Hall–Kier alpha value is -1.74. The Morgan fingerprint density at radius 3 is 2.59 bits per heavy atom. The van der Waals surface area contributed by atoms with Gasteiger partial charge < -0.3 is 10.1 Å². The number of rotatable bonds is 4. The highest BCUT2D eigenvalue weighted by Gasteiger charge is 1.98. The van der Waals surface area contributed by atoms with Crippen LogP contribution in [0.2, 0.25) is 5.15 Å². The lowest BCUT2D eigenvalue weighted by atomic mass is 10.3. The van der Waals surface area contributed by atoms with Crippen molar-refractivity contribution in [2.45, 2.75) is 6.61 Å². The van der Waals surface area contributed by atoms with Crippen molar-refractivity contribution < 1.29 is 4.74 Å². The van der Waals surface area contributed by atoms with Crippen LogP contribution in [0.5, 0.6) is 5.75 Å². The van der Waals surface area contributed by atoms with Gasteiger partial charge in [0.2, 0.25) is 0 Å². The van der Waals surface area contributed by atoms with E-state index in [1.807, 2.05) is 43.4 Å². The highest BCUT2D eigenvalue weighted by atomic mass is 35.5. The standard InChI is InChI=1S/C13H13ClN2O/c1-15-10-5-7-12(8-6-10)17-9-11-3-2-4-13(14)16-11/h2-8,15H,9H2,1H3. The number of hydrogen-bond donors (Lipinski definition) is 1. The molecule has 0 aliphatic rings. The van der Waals surface area contributed by atoms with E-state index < -0.39 is 0 Å². The van der Waals surface area contributed by atoms with E-state index in [4.69, 9.17) is 16.3 Å². The molecule has 0 radical (unpaired) electrons. The van der Waals surface area contributed by atoms with Gasteiger partial charge in [-0.2, -0.15) is 0 Å². The van der Waals surface area contributed by atoms with Gasteiger partial charge in [0.05, 0.1) is 5.69 Å². The molecule has 0 saturated heterocycles. The molecular formula is C13H13ClN2O. The van der Waals surface area contributed by atoms with Crippen LogP contribution in [0.3, 0.4) is 0 Å². The summed E-state index contributed by atoms with van der Waals surface area (Å²) in [4.78, 5) is 4.15. The topological polar surface area (TPSA) is 34.1 Å². The second-order valence-electron chi connectivity index (χ2n) is 3.51. The molecule has 0 aliphatic heterocycles. The average molecular weight is 249 g/mol. The predicted molar refractivity (Wildman–Crippen MR) is 69.6 cm³/mol. The van der Waals surface area contributed by atoms with Crippen LogP contribution >= 0.6 is 11.6 Å². The molecule has 0 atom stereocenters. The summed E-state index contributed by atoms with van der Waals surface area (Å²) in [5, 5.41) is 3.53. The molecular weight excluding hydrogens is 236 g/mol. The quantitative estimate of drug-likeness (QED) is 0.843. The molecule has 1 aromatic carbocycles. The number of nitrogens with one attached hydrogen (secondary N) is 1. The fourth-order valence-electron chi connectivity index (χ4n) is 1.41. The van der Waals surface area contributed by atoms with Gasteiger partial charge in [0.15, 0.2) is 0 Å². The maximum Gasteiger partial charge on any atom is 0.130 e. The Balaban J connectivity index is 1.97. The number of ether oxygens (including phenoxy) is 1. The Kier molecular flexibility index (Phi) is 3.83. The number of anilines is 1. The summed E-state index contributed by atoms with van der Waals surface area (Å²) in [6.45, 7) is 0.416. The molecule has 0 amide bonds. The minimum atomic E-state index is 0.416. The molecule has 0 unspecified atom stereocenters. The molecule has 2 aromatic rings. The van der Waals surface area contributed by atoms with Crippen LogP contribution in [-0.4, -0.2) is 12.0 Å². The van der Waals surface area contributed by atoms with Crippen molar-refractivity contribution in [3.8, 4) is 5.75 Å². The highest BCUT2D eigenvalue weighted by Crippen LogP contribution is 2.16. The third-order valence-corrected chi connectivity index (χ3v) is 2.51. The van der Waals surface area contributed by atoms with Crippen LogP contribution in [0.15, 0.2) is 42.5 Å². The Bertz CT molecular complexity index is 485. The van der Waals surface area contributed by atoms with E-state index in [9.17, 15) is 0 Å². The number of halogens is 1.